The van der Waals surface area contributed by atoms with Gasteiger partial charge in [-0.3, -0.25) is 19.9 Å². The maximum Gasteiger partial charge on any atom is 0.409 e. The lowest BCUT2D eigenvalue weighted by atomic mass is 9.93. The van der Waals surface area contributed by atoms with Gasteiger partial charge in [0.1, 0.15) is 5.54 Å². The molecule has 0 aliphatic carbocycles. The molecule has 0 bridgehead atoms. The van der Waals surface area contributed by atoms with Crippen molar-refractivity contribution < 1.29 is 23.9 Å². The fourth-order valence-corrected chi connectivity index (χ4v) is 4.00. The number of rotatable bonds is 8. The SMILES string of the molecule is CC(C)COC(=O)N1CCCN(CC(=O)NN2C(=O)NC(C)(CCc3ccccc3)C2=O)CC1. The second kappa shape index (κ2) is 11.3. The maximum absolute atomic E-state index is 12.9. The minimum atomic E-state index is -1.08. The van der Waals surface area contributed by atoms with Gasteiger partial charge in [0.2, 0.25) is 0 Å². The summed E-state index contributed by atoms with van der Waals surface area (Å²) in [6.45, 7) is 8.15. The number of carbonyl (C=O) groups excluding carboxylic acids is 4. The molecular formula is C24H35N5O5. The topological polar surface area (TPSA) is 111 Å². The third-order valence-corrected chi connectivity index (χ3v) is 6.01. The number of hydrogen-bond acceptors (Lipinski definition) is 6. The molecule has 0 saturated carbocycles. The van der Waals surface area contributed by atoms with Gasteiger partial charge < -0.3 is 15.0 Å². The van der Waals surface area contributed by atoms with Gasteiger partial charge in [-0.15, -0.1) is 0 Å². The summed E-state index contributed by atoms with van der Waals surface area (Å²) >= 11 is 0. The Morgan fingerprint density at radius 1 is 1.12 bits per heavy atom. The molecule has 10 nitrogen and oxygen atoms in total. The van der Waals surface area contributed by atoms with Gasteiger partial charge in [0.15, 0.2) is 0 Å². The summed E-state index contributed by atoms with van der Waals surface area (Å²) in [7, 11) is 0. The molecule has 1 aromatic carbocycles. The van der Waals surface area contributed by atoms with Crippen molar-refractivity contribution in [1.82, 2.24) is 25.6 Å². The van der Waals surface area contributed by atoms with Gasteiger partial charge in [0, 0.05) is 26.2 Å². The molecule has 2 aliphatic heterocycles. The standard InChI is InChI=1S/C24H35N5O5/c1-18(2)17-34-23(33)28-13-7-12-27(14-15-28)16-20(30)26-29-21(31)24(3,25-22(29)32)11-10-19-8-5-4-6-9-19/h4-6,8-9,18H,7,10-17H2,1-3H3,(H,25,32)(H,26,30). The number of ether oxygens (including phenoxy) is 1. The predicted molar refractivity (Wildman–Crippen MR) is 126 cm³/mol. The fourth-order valence-electron chi connectivity index (χ4n) is 4.00. The van der Waals surface area contributed by atoms with E-state index in [0.29, 0.717) is 52.0 Å². The van der Waals surface area contributed by atoms with Crippen LogP contribution in [0.4, 0.5) is 9.59 Å². The fraction of sp³-hybridized carbons (Fsp3) is 0.583. The summed E-state index contributed by atoms with van der Waals surface area (Å²) in [6, 6.07) is 9.08. The number of benzene rings is 1. The van der Waals surface area contributed by atoms with Gasteiger partial charge in [0.05, 0.1) is 13.2 Å². The van der Waals surface area contributed by atoms with Crippen molar-refractivity contribution in [2.45, 2.75) is 45.6 Å². The molecule has 2 aliphatic rings. The Kier molecular flexibility index (Phi) is 8.49. The average Bonchev–Trinajstić information content (AvgIpc) is 2.95. The lowest BCUT2D eigenvalue weighted by Gasteiger charge is -2.23. The third-order valence-electron chi connectivity index (χ3n) is 6.01. The number of imide groups is 1. The third kappa shape index (κ3) is 6.69. The van der Waals surface area contributed by atoms with Gasteiger partial charge in [-0.05, 0) is 37.7 Å². The number of nitrogens with one attached hydrogen (secondary N) is 2. The van der Waals surface area contributed by atoms with Gasteiger partial charge in [-0.1, -0.05) is 44.2 Å². The molecule has 3 rings (SSSR count). The normalized spacial score (nSPS) is 21.4. The van der Waals surface area contributed by atoms with Crippen LogP contribution in [0.3, 0.4) is 0 Å². The summed E-state index contributed by atoms with van der Waals surface area (Å²) in [4.78, 5) is 53.7. The molecule has 0 spiro atoms. The van der Waals surface area contributed by atoms with Crippen molar-refractivity contribution in [3.63, 3.8) is 0 Å². The lowest BCUT2D eigenvalue weighted by molar-refractivity contribution is -0.139. The van der Waals surface area contributed by atoms with Crippen LogP contribution in [-0.4, -0.2) is 83.6 Å². The second-order valence-electron chi connectivity index (χ2n) is 9.51. The molecular weight excluding hydrogens is 438 g/mol. The Labute approximate surface area is 200 Å². The lowest BCUT2D eigenvalue weighted by Crippen LogP contribution is -2.51. The van der Waals surface area contributed by atoms with Crippen LogP contribution < -0.4 is 10.7 Å². The van der Waals surface area contributed by atoms with E-state index in [1.165, 1.54) is 0 Å². The first-order valence-corrected chi connectivity index (χ1v) is 11.8. The van der Waals surface area contributed by atoms with Crippen molar-refractivity contribution >= 4 is 23.9 Å². The number of hydrogen-bond donors (Lipinski definition) is 2. The van der Waals surface area contributed by atoms with E-state index >= 15 is 0 Å². The zero-order valence-electron chi connectivity index (χ0n) is 20.2. The molecule has 1 unspecified atom stereocenters. The maximum atomic E-state index is 12.9. The van der Waals surface area contributed by atoms with Crippen LogP contribution in [0.5, 0.6) is 0 Å². The highest BCUT2D eigenvalue weighted by Crippen LogP contribution is 2.22. The Morgan fingerprint density at radius 3 is 2.56 bits per heavy atom. The Bertz CT molecular complexity index is 893. The highest BCUT2D eigenvalue weighted by molar-refractivity contribution is 6.07. The van der Waals surface area contributed by atoms with Crippen molar-refractivity contribution in [3.05, 3.63) is 35.9 Å². The van der Waals surface area contributed by atoms with Crippen molar-refractivity contribution in [3.8, 4) is 0 Å². The number of nitrogens with zero attached hydrogens (tertiary/aromatic N) is 3. The first kappa shape index (κ1) is 25.5. The van der Waals surface area contributed by atoms with E-state index in [-0.39, 0.29) is 18.6 Å². The molecule has 186 valence electrons. The first-order chi connectivity index (χ1) is 16.2. The summed E-state index contributed by atoms with van der Waals surface area (Å²) < 4.78 is 5.30. The molecule has 0 aromatic heterocycles. The van der Waals surface area contributed by atoms with E-state index in [9.17, 15) is 19.2 Å². The molecule has 2 N–H and O–H groups in total. The highest BCUT2D eigenvalue weighted by Gasteiger charge is 2.48. The number of hydrazine groups is 1. The van der Waals surface area contributed by atoms with E-state index in [0.717, 1.165) is 10.6 Å². The minimum Gasteiger partial charge on any atom is -0.449 e. The van der Waals surface area contributed by atoms with E-state index in [1.54, 1.807) is 11.8 Å². The molecule has 2 heterocycles. The van der Waals surface area contributed by atoms with Gasteiger partial charge in [-0.25, -0.2) is 9.59 Å². The molecule has 34 heavy (non-hydrogen) atoms. The van der Waals surface area contributed by atoms with E-state index in [4.69, 9.17) is 4.74 Å². The van der Waals surface area contributed by atoms with E-state index in [2.05, 4.69) is 10.7 Å². The largest absolute Gasteiger partial charge is 0.449 e. The van der Waals surface area contributed by atoms with Crippen LogP contribution in [0, 0.1) is 5.92 Å². The molecule has 2 fully saturated rings. The number of carbonyl (C=O) groups is 4. The van der Waals surface area contributed by atoms with E-state index in [1.807, 2.05) is 49.1 Å². The predicted octanol–water partition coefficient (Wildman–Crippen LogP) is 1.76. The zero-order chi connectivity index (χ0) is 24.7. The van der Waals surface area contributed by atoms with Gasteiger partial charge in [-0.2, -0.15) is 5.01 Å². The average molecular weight is 474 g/mol. The molecule has 1 atom stereocenters. The summed E-state index contributed by atoms with van der Waals surface area (Å²) in [5, 5.41) is 3.49. The van der Waals surface area contributed by atoms with Crippen LogP contribution in [-0.2, 0) is 20.7 Å². The first-order valence-electron chi connectivity index (χ1n) is 11.8. The van der Waals surface area contributed by atoms with Crippen molar-refractivity contribution in [1.29, 1.82) is 0 Å². The highest BCUT2D eigenvalue weighted by atomic mass is 16.6. The van der Waals surface area contributed by atoms with Crippen LogP contribution in [0.25, 0.3) is 0 Å². The Balaban J connectivity index is 1.48. The number of amides is 5. The van der Waals surface area contributed by atoms with Gasteiger partial charge in [0.25, 0.3) is 11.8 Å². The molecule has 0 radical (unpaired) electrons. The molecule has 5 amide bonds. The van der Waals surface area contributed by atoms with Crippen LogP contribution in [0.15, 0.2) is 30.3 Å². The van der Waals surface area contributed by atoms with E-state index < -0.39 is 23.4 Å². The number of urea groups is 1. The quantitative estimate of drug-likeness (QED) is 0.557. The molecule has 1 aromatic rings. The minimum absolute atomic E-state index is 0.0205. The molecule has 2 saturated heterocycles. The number of aryl methyl sites for hydroxylation is 1. The molecule has 10 heteroatoms. The van der Waals surface area contributed by atoms with Crippen molar-refractivity contribution in [2.75, 3.05) is 39.3 Å². The van der Waals surface area contributed by atoms with Gasteiger partial charge >= 0.3 is 12.1 Å². The monoisotopic (exact) mass is 473 g/mol. The van der Waals surface area contributed by atoms with Crippen molar-refractivity contribution in [2.24, 2.45) is 5.92 Å². The van der Waals surface area contributed by atoms with Crippen LogP contribution >= 0.6 is 0 Å². The Hall–Kier alpha value is -3.14. The second-order valence-corrected chi connectivity index (χ2v) is 9.51. The zero-order valence-corrected chi connectivity index (χ0v) is 20.2. The smallest absolute Gasteiger partial charge is 0.409 e. The Morgan fingerprint density at radius 2 is 1.85 bits per heavy atom. The van der Waals surface area contributed by atoms with Crippen LogP contribution in [0.1, 0.15) is 39.2 Å². The summed E-state index contributed by atoms with van der Waals surface area (Å²) in [5.74, 6) is -0.662. The summed E-state index contributed by atoms with van der Waals surface area (Å²) in [6.07, 6.45) is 1.40. The van der Waals surface area contributed by atoms with Crippen LogP contribution in [0.2, 0.25) is 0 Å². The summed E-state index contributed by atoms with van der Waals surface area (Å²) in [5.41, 5.74) is 2.43.